The van der Waals surface area contributed by atoms with E-state index >= 15 is 0 Å². The summed E-state index contributed by atoms with van der Waals surface area (Å²) in [6, 6.07) is 14.3. The molecule has 0 aliphatic rings. The second kappa shape index (κ2) is 5.15. The van der Waals surface area contributed by atoms with Crippen LogP contribution in [0.1, 0.15) is 17.0 Å². The lowest BCUT2D eigenvalue weighted by Gasteiger charge is -1.98. The van der Waals surface area contributed by atoms with Gasteiger partial charge in [-0.05, 0) is 29.3 Å². The molecule has 3 N–H and O–H groups in total. The number of aromatic nitrogens is 2. The zero-order valence-electron chi connectivity index (χ0n) is 10.4. The van der Waals surface area contributed by atoms with Gasteiger partial charge in [0.2, 0.25) is 0 Å². The van der Waals surface area contributed by atoms with Gasteiger partial charge in [0, 0.05) is 17.4 Å². The predicted octanol–water partition coefficient (Wildman–Crippen LogP) is 3.37. The molecule has 0 radical (unpaired) electrons. The maximum absolute atomic E-state index is 5.74. The Hall–Kier alpha value is -1.65. The lowest BCUT2D eigenvalue weighted by molar-refractivity contribution is 1.03. The molecule has 0 saturated heterocycles. The van der Waals surface area contributed by atoms with Gasteiger partial charge in [0.05, 0.1) is 11.0 Å². The summed E-state index contributed by atoms with van der Waals surface area (Å²) in [5.74, 6) is 0.967. The van der Waals surface area contributed by atoms with Crippen LogP contribution in [0.15, 0.2) is 46.9 Å². The Kier molecular flexibility index (Phi) is 3.36. The zero-order chi connectivity index (χ0) is 13.2. The minimum atomic E-state index is 0.512. The molecular formula is C15H14BrN3. The quantitative estimate of drug-likeness (QED) is 0.778. The Bertz CT molecular complexity index is 718. The van der Waals surface area contributed by atoms with Crippen molar-refractivity contribution in [2.45, 2.75) is 13.0 Å². The lowest BCUT2D eigenvalue weighted by Crippen LogP contribution is -1.96. The molecule has 3 nitrogen and oxygen atoms in total. The number of hydrogen-bond acceptors (Lipinski definition) is 2. The molecule has 0 unspecified atom stereocenters. The first-order valence-electron chi connectivity index (χ1n) is 6.17. The number of rotatable bonds is 3. The first kappa shape index (κ1) is 12.4. The van der Waals surface area contributed by atoms with Crippen molar-refractivity contribution in [1.29, 1.82) is 0 Å². The molecule has 2 aromatic carbocycles. The third-order valence-corrected chi connectivity index (χ3v) is 3.62. The highest BCUT2D eigenvalue weighted by atomic mass is 79.9. The van der Waals surface area contributed by atoms with Crippen molar-refractivity contribution >= 4 is 27.0 Å². The van der Waals surface area contributed by atoms with Crippen molar-refractivity contribution in [3.63, 3.8) is 0 Å². The van der Waals surface area contributed by atoms with Gasteiger partial charge in [-0.1, -0.05) is 40.2 Å². The molecular weight excluding hydrogens is 302 g/mol. The van der Waals surface area contributed by atoms with E-state index in [1.807, 2.05) is 30.3 Å². The fraction of sp³-hybridized carbons (Fsp3) is 0.133. The maximum Gasteiger partial charge on any atom is 0.111 e. The van der Waals surface area contributed by atoms with E-state index in [1.165, 1.54) is 5.56 Å². The van der Waals surface area contributed by atoms with Crippen molar-refractivity contribution in [3.8, 4) is 0 Å². The van der Waals surface area contributed by atoms with Crippen LogP contribution in [0.25, 0.3) is 11.0 Å². The Labute approximate surface area is 120 Å². The van der Waals surface area contributed by atoms with Crippen LogP contribution in [0.4, 0.5) is 0 Å². The molecule has 0 aliphatic heterocycles. The van der Waals surface area contributed by atoms with Gasteiger partial charge in [0.25, 0.3) is 0 Å². The van der Waals surface area contributed by atoms with E-state index in [4.69, 9.17) is 5.73 Å². The minimum Gasteiger partial charge on any atom is -0.342 e. The summed E-state index contributed by atoms with van der Waals surface area (Å²) in [5.41, 5.74) is 10.1. The van der Waals surface area contributed by atoms with Crippen molar-refractivity contribution in [1.82, 2.24) is 9.97 Å². The molecule has 0 bridgehead atoms. The number of imidazole rings is 1. The van der Waals surface area contributed by atoms with Crippen LogP contribution in [0.5, 0.6) is 0 Å². The number of H-pyrrole nitrogens is 1. The second-order valence-electron chi connectivity index (χ2n) is 4.51. The summed E-state index contributed by atoms with van der Waals surface area (Å²) >= 11 is 3.49. The topological polar surface area (TPSA) is 54.7 Å². The van der Waals surface area contributed by atoms with Crippen LogP contribution >= 0.6 is 15.9 Å². The van der Waals surface area contributed by atoms with E-state index in [9.17, 15) is 0 Å². The molecule has 1 heterocycles. The Balaban J connectivity index is 1.98. The largest absolute Gasteiger partial charge is 0.342 e. The van der Waals surface area contributed by atoms with Crippen LogP contribution < -0.4 is 5.73 Å². The van der Waals surface area contributed by atoms with Gasteiger partial charge in [-0.15, -0.1) is 0 Å². The number of nitrogens with two attached hydrogens (primary N) is 1. The van der Waals surface area contributed by atoms with Crippen LogP contribution in [-0.2, 0) is 13.0 Å². The van der Waals surface area contributed by atoms with E-state index in [0.717, 1.165) is 33.3 Å². The average Bonchev–Trinajstić information content (AvgIpc) is 2.80. The molecule has 0 aliphatic carbocycles. The summed E-state index contributed by atoms with van der Waals surface area (Å²) in [6.07, 6.45) is 0.790. The van der Waals surface area contributed by atoms with E-state index in [1.54, 1.807) is 0 Å². The van der Waals surface area contributed by atoms with Crippen molar-refractivity contribution in [2.24, 2.45) is 5.73 Å². The summed E-state index contributed by atoms with van der Waals surface area (Å²) in [5, 5.41) is 0. The molecule has 0 atom stereocenters. The van der Waals surface area contributed by atoms with E-state index in [-0.39, 0.29) is 0 Å². The SMILES string of the molecule is NCc1cccc2[nH]c(Cc3cccc(Br)c3)nc12. The smallest absolute Gasteiger partial charge is 0.111 e. The molecule has 0 amide bonds. The zero-order valence-corrected chi connectivity index (χ0v) is 11.9. The van der Waals surface area contributed by atoms with Crippen LogP contribution in [0.3, 0.4) is 0 Å². The summed E-state index contributed by atoms with van der Waals surface area (Å²) in [6.45, 7) is 0.512. The molecule has 0 fully saturated rings. The van der Waals surface area contributed by atoms with Gasteiger partial charge >= 0.3 is 0 Å². The van der Waals surface area contributed by atoms with Crippen molar-refractivity contribution < 1.29 is 0 Å². The van der Waals surface area contributed by atoms with Gasteiger partial charge < -0.3 is 10.7 Å². The number of hydrogen-bond donors (Lipinski definition) is 2. The third-order valence-electron chi connectivity index (χ3n) is 3.13. The third kappa shape index (κ3) is 2.55. The van der Waals surface area contributed by atoms with Gasteiger partial charge in [0.1, 0.15) is 5.82 Å². The summed E-state index contributed by atoms with van der Waals surface area (Å²) < 4.78 is 1.09. The molecule has 1 aromatic heterocycles. The minimum absolute atomic E-state index is 0.512. The fourth-order valence-corrected chi connectivity index (χ4v) is 2.68. The van der Waals surface area contributed by atoms with Crippen molar-refractivity contribution in [3.05, 3.63) is 63.9 Å². The summed E-state index contributed by atoms with van der Waals surface area (Å²) in [4.78, 5) is 8.01. The highest BCUT2D eigenvalue weighted by Crippen LogP contribution is 2.19. The molecule has 3 aromatic rings. The Morgan fingerprint density at radius 2 is 2.00 bits per heavy atom. The van der Waals surface area contributed by atoms with E-state index in [2.05, 4.69) is 38.0 Å². The molecule has 4 heteroatoms. The average molecular weight is 316 g/mol. The van der Waals surface area contributed by atoms with Crippen LogP contribution in [0, 0.1) is 0 Å². The normalized spacial score (nSPS) is 11.1. The second-order valence-corrected chi connectivity index (χ2v) is 5.42. The van der Waals surface area contributed by atoms with Crippen molar-refractivity contribution in [2.75, 3.05) is 0 Å². The van der Waals surface area contributed by atoms with Crippen LogP contribution in [0.2, 0.25) is 0 Å². The van der Waals surface area contributed by atoms with Gasteiger partial charge in [-0.3, -0.25) is 0 Å². The monoisotopic (exact) mass is 315 g/mol. The predicted molar refractivity (Wildman–Crippen MR) is 80.9 cm³/mol. The number of para-hydroxylation sites is 1. The maximum atomic E-state index is 5.74. The van der Waals surface area contributed by atoms with E-state index in [0.29, 0.717) is 6.54 Å². The highest BCUT2D eigenvalue weighted by Gasteiger charge is 2.07. The molecule has 19 heavy (non-hydrogen) atoms. The Morgan fingerprint density at radius 1 is 1.16 bits per heavy atom. The first-order valence-corrected chi connectivity index (χ1v) is 6.96. The first-order chi connectivity index (χ1) is 9.26. The fourth-order valence-electron chi connectivity index (χ4n) is 2.23. The molecule has 3 rings (SSSR count). The number of benzene rings is 2. The number of nitrogens with one attached hydrogen (secondary N) is 1. The van der Waals surface area contributed by atoms with Gasteiger partial charge in [-0.25, -0.2) is 4.98 Å². The molecule has 0 saturated carbocycles. The molecule has 0 spiro atoms. The van der Waals surface area contributed by atoms with Gasteiger partial charge in [-0.2, -0.15) is 0 Å². The molecule has 96 valence electrons. The number of halogens is 1. The standard InChI is InChI=1S/C15H14BrN3/c16-12-5-1-3-10(7-12)8-14-18-13-6-2-4-11(9-17)15(13)19-14/h1-7H,8-9,17H2,(H,18,19). The summed E-state index contributed by atoms with van der Waals surface area (Å²) in [7, 11) is 0. The van der Waals surface area contributed by atoms with E-state index < -0.39 is 0 Å². The van der Waals surface area contributed by atoms with Gasteiger partial charge in [0.15, 0.2) is 0 Å². The number of nitrogens with zero attached hydrogens (tertiary/aromatic N) is 1. The lowest BCUT2D eigenvalue weighted by atomic mass is 10.1. The van der Waals surface area contributed by atoms with Crippen LogP contribution in [-0.4, -0.2) is 9.97 Å². The number of aromatic amines is 1. The number of fused-ring (bicyclic) bond motifs is 1. The highest BCUT2D eigenvalue weighted by molar-refractivity contribution is 9.10. The Morgan fingerprint density at radius 3 is 2.79 bits per heavy atom.